The highest BCUT2D eigenvalue weighted by Gasteiger charge is 2.60. The summed E-state index contributed by atoms with van der Waals surface area (Å²) < 4.78 is 0. The number of carbonyl (C=O) groups excluding carboxylic acids is 1. The summed E-state index contributed by atoms with van der Waals surface area (Å²) in [6.45, 7) is 4.14. The predicted octanol–water partition coefficient (Wildman–Crippen LogP) is 1.15. The molecule has 0 spiro atoms. The number of aliphatic hydroxyl groups excluding tert-OH is 1. The zero-order valence-corrected chi connectivity index (χ0v) is 7.50. The lowest BCUT2D eigenvalue weighted by Gasteiger charge is -2.54. The Morgan fingerprint density at radius 3 is 2.75 bits per heavy atom. The maximum Gasteiger partial charge on any atom is 0.144 e. The molecule has 0 saturated heterocycles. The molecule has 0 aliphatic heterocycles. The van der Waals surface area contributed by atoms with E-state index in [2.05, 4.69) is 6.08 Å². The molecule has 3 rings (SSSR count). The number of carbonyl (C=O) groups is 1. The van der Waals surface area contributed by atoms with Crippen molar-refractivity contribution in [3.63, 3.8) is 0 Å². The van der Waals surface area contributed by atoms with Crippen molar-refractivity contribution >= 4 is 5.78 Å². The van der Waals surface area contributed by atoms with Gasteiger partial charge in [-0.1, -0.05) is 18.6 Å². The Balaban J connectivity index is 2.37. The van der Waals surface area contributed by atoms with E-state index in [0.717, 1.165) is 12.0 Å². The molecule has 1 saturated carbocycles. The first kappa shape index (κ1) is 7.99. The van der Waals surface area contributed by atoms with Gasteiger partial charge in [-0.05, 0) is 13.3 Å². The van der Waals surface area contributed by atoms with Crippen molar-refractivity contribution in [1.82, 2.24) is 0 Å². The van der Waals surface area contributed by atoms with Crippen molar-refractivity contribution in [2.24, 2.45) is 17.3 Å². The minimum Gasteiger partial charge on any atom is -0.396 e. The second-order valence-electron chi connectivity index (χ2n) is 4.24. The zero-order valence-electron chi connectivity index (χ0n) is 7.50. The molecule has 0 aromatic rings. The monoisotopic (exact) mass is 166 g/mol. The third-order valence-corrected chi connectivity index (χ3v) is 3.56. The van der Waals surface area contributed by atoms with Gasteiger partial charge in [-0.2, -0.15) is 0 Å². The summed E-state index contributed by atoms with van der Waals surface area (Å²) in [4.78, 5) is 11.5. The van der Waals surface area contributed by atoms with E-state index < -0.39 is 0 Å². The van der Waals surface area contributed by atoms with Crippen LogP contribution < -0.4 is 0 Å². The Kier molecular flexibility index (Phi) is 1.46. The summed E-state index contributed by atoms with van der Waals surface area (Å²) in [6.07, 6.45) is 2.96. The first-order valence-corrected chi connectivity index (χ1v) is 4.42. The number of hydrogen-bond donors (Lipinski definition) is 1. The fourth-order valence-electron chi connectivity index (χ4n) is 2.71. The largest absolute Gasteiger partial charge is 0.396 e. The van der Waals surface area contributed by atoms with Gasteiger partial charge in [0.2, 0.25) is 0 Å². The maximum absolute atomic E-state index is 11.5. The number of aliphatic hydroxyl groups is 1. The molecule has 3 aliphatic rings. The second-order valence-corrected chi connectivity index (χ2v) is 4.24. The first-order chi connectivity index (χ1) is 5.61. The van der Waals surface area contributed by atoms with Crippen LogP contribution in [0, 0.1) is 17.3 Å². The molecule has 2 heteroatoms. The van der Waals surface area contributed by atoms with Gasteiger partial charge in [0.15, 0.2) is 0 Å². The molecule has 0 radical (unpaired) electrons. The molecule has 1 N–H and O–H groups in total. The van der Waals surface area contributed by atoms with E-state index in [1.165, 1.54) is 0 Å². The van der Waals surface area contributed by atoms with Crippen molar-refractivity contribution < 1.29 is 9.90 Å². The van der Waals surface area contributed by atoms with Crippen LogP contribution in [0.25, 0.3) is 0 Å². The van der Waals surface area contributed by atoms with Gasteiger partial charge in [0.1, 0.15) is 5.78 Å². The van der Waals surface area contributed by atoms with Crippen LogP contribution in [-0.2, 0) is 4.79 Å². The van der Waals surface area contributed by atoms with Crippen LogP contribution in [-0.4, -0.2) is 17.5 Å². The van der Waals surface area contributed by atoms with Gasteiger partial charge in [0.05, 0.1) is 6.61 Å². The van der Waals surface area contributed by atoms with Crippen molar-refractivity contribution in [1.29, 1.82) is 0 Å². The minimum atomic E-state index is -0.143. The molecular formula is C10H14O2. The topological polar surface area (TPSA) is 37.3 Å². The van der Waals surface area contributed by atoms with Crippen LogP contribution in [0.15, 0.2) is 11.6 Å². The van der Waals surface area contributed by atoms with Gasteiger partial charge < -0.3 is 5.11 Å². The average molecular weight is 166 g/mol. The lowest BCUT2D eigenvalue weighted by Crippen LogP contribution is -2.60. The van der Waals surface area contributed by atoms with Crippen molar-refractivity contribution in [3.8, 4) is 0 Å². The summed E-state index contributed by atoms with van der Waals surface area (Å²) in [5.74, 6) is 0.448. The van der Waals surface area contributed by atoms with Gasteiger partial charge in [-0.25, -0.2) is 0 Å². The standard InChI is InChI=1S/C10H14O2/c1-6-3-4-7-9(12)8(6)10(7,2)5-11/h3,7-8,11H,4-5H2,1-2H3/t7-,8+,10-/m1/s1. The van der Waals surface area contributed by atoms with Gasteiger partial charge in [-0.3, -0.25) is 4.79 Å². The van der Waals surface area contributed by atoms with Crippen LogP contribution in [0.2, 0.25) is 0 Å². The molecule has 0 aromatic heterocycles. The Labute approximate surface area is 72.3 Å². The molecule has 3 aliphatic carbocycles. The van der Waals surface area contributed by atoms with E-state index in [1.807, 2.05) is 13.8 Å². The average Bonchev–Trinajstić information content (AvgIpc) is 2.04. The normalized spacial score (nSPS) is 45.2. The van der Waals surface area contributed by atoms with Crippen LogP contribution in [0.4, 0.5) is 0 Å². The summed E-state index contributed by atoms with van der Waals surface area (Å²) in [7, 11) is 0. The van der Waals surface area contributed by atoms with Gasteiger partial charge >= 0.3 is 0 Å². The number of ketones is 1. The van der Waals surface area contributed by atoms with E-state index in [9.17, 15) is 9.90 Å². The minimum absolute atomic E-state index is 0.0150. The maximum atomic E-state index is 11.5. The van der Waals surface area contributed by atoms with Crippen LogP contribution >= 0.6 is 0 Å². The molecule has 1 fully saturated rings. The summed E-state index contributed by atoms with van der Waals surface area (Å²) in [5, 5.41) is 9.21. The van der Waals surface area contributed by atoms with Gasteiger partial charge in [0, 0.05) is 17.3 Å². The second kappa shape index (κ2) is 2.19. The van der Waals surface area contributed by atoms with E-state index in [0.29, 0.717) is 5.78 Å². The highest BCUT2D eigenvalue weighted by Crippen LogP contribution is 2.56. The van der Waals surface area contributed by atoms with Crippen molar-refractivity contribution in [2.75, 3.05) is 6.61 Å². The molecule has 12 heavy (non-hydrogen) atoms. The number of rotatable bonds is 1. The van der Waals surface area contributed by atoms with E-state index in [-0.39, 0.29) is 23.9 Å². The Bertz CT molecular complexity index is 267. The van der Waals surface area contributed by atoms with E-state index >= 15 is 0 Å². The summed E-state index contributed by atoms with van der Waals surface area (Å²) in [6, 6.07) is 0. The summed E-state index contributed by atoms with van der Waals surface area (Å²) in [5.41, 5.74) is 1.01. The Morgan fingerprint density at radius 2 is 2.42 bits per heavy atom. The number of Topliss-reactive ketones (excluding diaryl/α,β-unsaturated/α-hetero) is 1. The third kappa shape index (κ3) is 0.667. The lowest BCUT2D eigenvalue weighted by molar-refractivity contribution is -0.157. The van der Waals surface area contributed by atoms with Gasteiger partial charge in [0.25, 0.3) is 0 Å². The lowest BCUT2D eigenvalue weighted by atomic mass is 9.47. The van der Waals surface area contributed by atoms with Crippen LogP contribution in [0.3, 0.4) is 0 Å². The Hall–Kier alpha value is -0.630. The molecule has 2 bridgehead atoms. The molecule has 0 aromatic carbocycles. The SMILES string of the molecule is CC1=CC[C@@H]2C(=O)[C@H]1[C@]2(C)CO. The predicted molar refractivity (Wildman–Crippen MR) is 45.6 cm³/mol. The van der Waals surface area contributed by atoms with E-state index in [1.54, 1.807) is 0 Å². The number of allylic oxidation sites excluding steroid dienone is 2. The fraction of sp³-hybridized carbons (Fsp3) is 0.700. The van der Waals surface area contributed by atoms with E-state index in [4.69, 9.17) is 0 Å². The van der Waals surface area contributed by atoms with Gasteiger partial charge in [-0.15, -0.1) is 0 Å². The smallest absolute Gasteiger partial charge is 0.144 e. The molecule has 0 heterocycles. The fourth-order valence-corrected chi connectivity index (χ4v) is 2.71. The van der Waals surface area contributed by atoms with Crippen molar-refractivity contribution in [2.45, 2.75) is 20.3 Å². The zero-order chi connectivity index (χ0) is 8.93. The number of fused-ring (bicyclic) bond motifs is 1. The molecule has 3 atom stereocenters. The highest BCUT2D eigenvalue weighted by atomic mass is 16.3. The molecule has 66 valence electrons. The molecule has 0 amide bonds. The highest BCUT2D eigenvalue weighted by molar-refractivity contribution is 5.95. The molecule has 0 unspecified atom stereocenters. The van der Waals surface area contributed by atoms with Crippen molar-refractivity contribution in [3.05, 3.63) is 11.6 Å². The quantitative estimate of drug-likeness (QED) is 0.593. The van der Waals surface area contributed by atoms with Crippen LogP contribution in [0.5, 0.6) is 0 Å². The first-order valence-electron chi connectivity index (χ1n) is 4.42. The molecular weight excluding hydrogens is 152 g/mol. The van der Waals surface area contributed by atoms with Crippen LogP contribution in [0.1, 0.15) is 20.3 Å². The number of hydrogen-bond acceptors (Lipinski definition) is 2. The summed E-state index contributed by atoms with van der Waals surface area (Å²) >= 11 is 0. The third-order valence-electron chi connectivity index (χ3n) is 3.56. The Morgan fingerprint density at radius 1 is 1.75 bits per heavy atom. The molecule has 2 nitrogen and oxygen atoms in total.